The number of hydrogen-bond donors (Lipinski definition) is 8. The van der Waals surface area contributed by atoms with Gasteiger partial charge in [0.15, 0.2) is 12.6 Å². The topological polar surface area (TPSA) is 198 Å². The average Bonchev–Trinajstić information content (AvgIpc) is 2.60. The molecule has 0 unspecified atom stereocenters. The lowest BCUT2D eigenvalue weighted by Crippen LogP contribution is -2.67. The Morgan fingerprint density at radius 2 is 1.50 bits per heavy atom. The van der Waals surface area contributed by atoms with Crippen molar-refractivity contribution in [3.63, 3.8) is 0 Å². The van der Waals surface area contributed by atoms with E-state index >= 15 is 0 Å². The fourth-order valence-corrected chi connectivity index (χ4v) is 2.97. The van der Waals surface area contributed by atoms with E-state index in [2.05, 4.69) is 5.32 Å². The van der Waals surface area contributed by atoms with Crippen LogP contribution < -0.4 is 5.32 Å². The Morgan fingerprint density at radius 3 is 2.04 bits per heavy atom. The van der Waals surface area contributed by atoms with Crippen LogP contribution in [0.4, 0.5) is 0 Å². The summed E-state index contributed by atoms with van der Waals surface area (Å²) in [4.78, 5) is 11.4. The zero-order chi connectivity index (χ0) is 19.6. The zero-order valence-electron chi connectivity index (χ0n) is 14.0. The lowest BCUT2D eigenvalue weighted by atomic mass is 9.95. The second kappa shape index (κ2) is 8.84. The summed E-state index contributed by atoms with van der Waals surface area (Å²) in [6.07, 6.45) is -13.7. The standard InChI is InChI=1S/C14H25NO11/c1-4(18)15-7-10(21)8(19)5(2-16)25-14(7)26-12-9(20)6(3-17)24-13(23)11(12)22/h5-14,16-17,19-23H,2-3H2,1H3,(H,15,18)/t5-,6-,7-,8-,9-,10-,11-,12+,13-,14+/m1/s1. The molecule has 8 N–H and O–H groups in total. The van der Waals surface area contributed by atoms with E-state index in [1.165, 1.54) is 0 Å². The molecule has 2 aliphatic rings. The largest absolute Gasteiger partial charge is 0.394 e. The summed E-state index contributed by atoms with van der Waals surface area (Å²) < 4.78 is 15.6. The molecule has 2 rings (SSSR count). The molecule has 2 saturated heterocycles. The molecular formula is C14H25NO11. The maximum atomic E-state index is 11.4. The second-order valence-corrected chi connectivity index (χ2v) is 6.26. The summed E-state index contributed by atoms with van der Waals surface area (Å²) in [6.45, 7) is -0.199. The summed E-state index contributed by atoms with van der Waals surface area (Å²) in [6, 6.07) is -1.29. The monoisotopic (exact) mass is 383 g/mol. The Kier molecular flexibility index (Phi) is 7.27. The van der Waals surface area contributed by atoms with Gasteiger partial charge in [0.1, 0.15) is 48.8 Å². The number of rotatable bonds is 5. The summed E-state index contributed by atoms with van der Waals surface area (Å²) in [7, 11) is 0. The number of ether oxygens (including phenoxy) is 3. The summed E-state index contributed by atoms with van der Waals surface area (Å²) in [5.41, 5.74) is 0. The Morgan fingerprint density at radius 1 is 0.923 bits per heavy atom. The first-order valence-corrected chi connectivity index (χ1v) is 8.06. The van der Waals surface area contributed by atoms with Crippen molar-refractivity contribution in [1.29, 1.82) is 0 Å². The first-order chi connectivity index (χ1) is 12.2. The number of aliphatic hydroxyl groups is 7. The minimum Gasteiger partial charge on any atom is -0.394 e. The Labute approximate surface area is 148 Å². The van der Waals surface area contributed by atoms with Gasteiger partial charge in [-0.15, -0.1) is 0 Å². The van der Waals surface area contributed by atoms with Crippen LogP contribution >= 0.6 is 0 Å². The van der Waals surface area contributed by atoms with Crippen LogP contribution in [-0.4, -0.2) is 116 Å². The third-order valence-corrected chi connectivity index (χ3v) is 4.38. The zero-order valence-corrected chi connectivity index (χ0v) is 14.0. The van der Waals surface area contributed by atoms with Crippen molar-refractivity contribution in [2.24, 2.45) is 0 Å². The molecule has 2 heterocycles. The molecule has 12 heteroatoms. The third-order valence-electron chi connectivity index (χ3n) is 4.38. The molecule has 0 spiro atoms. The van der Waals surface area contributed by atoms with Gasteiger partial charge in [-0.3, -0.25) is 4.79 Å². The first-order valence-electron chi connectivity index (χ1n) is 8.06. The lowest BCUT2D eigenvalue weighted by Gasteiger charge is -2.46. The van der Waals surface area contributed by atoms with Crippen molar-refractivity contribution in [2.75, 3.05) is 13.2 Å². The Balaban J connectivity index is 2.22. The van der Waals surface area contributed by atoms with Crippen LogP contribution in [0, 0.1) is 0 Å². The first kappa shape index (κ1) is 21.4. The molecule has 12 nitrogen and oxygen atoms in total. The van der Waals surface area contributed by atoms with Gasteiger partial charge in [0.25, 0.3) is 0 Å². The van der Waals surface area contributed by atoms with Crippen LogP contribution in [0.1, 0.15) is 6.92 Å². The predicted molar refractivity (Wildman–Crippen MR) is 80.2 cm³/mol. The highest BCUT2D eigenvalue weighted by atomic mass is 16.7. The highest BCUT2D eigenvalue weighted by Gasteiger charge is 2.50. The Hall–Kier alpha value is -0.930. The number of nitrogens with one attached hydrogen (secondary N) is 1. The maximum absolute atomic E-state index is 11.4. The van der Waals surface area contributed by atoms with Crippen molar-refractivity contribution in [3.05, 3.63) is 0 Å². The van der Waals surface area contributed by atoms with Gasteiger partial charge in [-0.1, -0.05) is 0 Å². The van der Waals surface area contributed by atoms with Crippen molar-refractivity contribution in [3.8, 4) is 0 Å². The lowest BCUT2D eigenvalue weighted by molar-refractivity contribution is -0.341. The highest BCUT2D eigenvalue weighted by Crippen LogP contribution is 2.28. The maximum Gasteiger partial charge on any atom is 0.217 e. The molecule has 152 valence electrons. The van der Waals surface area contributed by atoms with E-state index in [4.69, 9.17) is 14.2 Å². The summed E-state index contributed by atoms with van der Waals surface area (Å²) >= 11 is 0. The second-order valence-electron chi connectivity index (χ2n) is 6.26. The molecule has 0 aromatic carbocycles. The van der Waals surface area contributed by atoms with Gasteiger partial charge in [0, 0.05) is 6.92 Å². The van der Waals surface area contributed by atoms with E-state index in [0.717, 1.165) is 6.92 Å². The van der Waals surface area contributed by atoms with Crippen molar-refractivity contribution in [1.82, 2.24) is 5.32 Å². The molecule has 0 bridgehead atoms. The van der Waals surface area contributed by atoms with Gasteiger partial charge in [0.05, 0.1) is 13.2 Å². The minimum absolute atomic E-state index is 0.581. The molecule has 0 aromatic rings. The molecule has 2 fully saturated rings. The van der Waals surface area contributed by atoms with E-state index in [9.17, 15) is 40.5 Å². The highest BCUT2D eigenvalue weighted by molar-refractivity contribution is 5.73. The van der Waals surface area contributed by atoms with Crippen LogP contribution in [-0.2, 0) is 19.0 Å². The Bertz CT molecular complexity index is 480. The molecule has 1 amide bonds. The van der Waals surface area contributed by atoms with E-state index in [-0.39, 0.29) is 0 Å². The number of aliphatic hydroxyl groups excluding tert-OH is 7. The van der Waals surface area contributed by atoms with Crippen LogP contribution in [0.3, 0.4) is 0 Å². The smallest absolute Gasteiger partial charge is 0.217 e. The third kappa shape index (κ3) is 4.31. The number of hydrogen-bond acceptors (Lipinski definition) is 11. The van der Waals surface area contributed by atoms with Gasteiger partial charge >= 0.3 is 0 Å². The van der Waals surface area contributed by atoms with Crippen molar-refractivity contribution < 1.29 is 54.8 Å². The van der Waals surface area contributed by atoms with Gasteiger partial charge in [0.2, 0.25) is 5.91 Å². The van der Waals surface area contributed by atoms with Gasteiger partial charge in [-0.25, -0.2) is 0 Å². The number of amides is 1. The molecule has 0 aliphatic carbocycles. The number of carbonyl (C=O) groups is 1. The van der Waals surface area contributed by atoms with Crippen molar-refractivity contribution >= 4 is 5.91 Å². The van der Waals surface area contributed by atoms with E-state index in [0.29, 0.717) is 0 Å². The minimum atomic E-state index is -1.77. The fourth-order valence-electron chi connectivity index (χ4n) is 2.97. The fraction of sp³-hybridized carbons (Fsp3) is 0.929. The van der Waals surface area contributed by atoms with Gasteiger partial charge < -0.3 is 55.3 Å². The molecule has 0 aromatic heterocycles. The molecule has 0 saturated carbocycles. The van der Waals surface area contributed by atoms with Crippen molar-refractivity contribution in [2.45, 2.75) is 68.3 Å². The van der Waals surface area contributed by atoms with Gasteiger partial charge in [-0.2, -0.15) is 0 Å². The van der Waals surface area contributed by atoms with E-state index in [1.807, 2.05) is 0 Å². The van der Waals surface area contributed by atoms with Crippen LogP contribution in [0.15, 0.2) is 0 Å². The van der Waals surface area contributed by atoms with Crippen LogP contribution in [0.5, 0.6) is 0 Å². The molecule has 10 atom stereocenters. The van der Waals surface area contributed by atoms with Crippen LogP contribution in [0.2, 0.25) is 0 Å². The average molecular weight is 383 g/mol. The van der Waals surface area contributed by atoms with Crippen LogP contribution in [0.25, 0.3) is 0 Å². The SMILES string of the molecule is CC(=O)N[C@H]1[C@H](O[C@@H]2[C@@H](O)[C@H](O)O[C@H](CO)[C@H]2O)O[C@H](CO)[C@@H](O)[C@@H]1O. The molecule has 2 aliphatic heterocycles. The molecular weight excluding hydrogens is 358 g/mol. The normalized spacial score (nSPS) is 46.8. The summed E-state index contributed by atoms with van der Waals surface area (Å²) in [5.74, 6) is -0.581. The molecule has 0 radical (unpaired) electrons. The number of carbonyl (C=O) groups excluding carboxylic acids is 1. The quantitative estimate of drug-likeness (QED) is 0.226. The van der Waals surface area contributed by atoms with E-state index in [1.54, 1.807) is 0 Å². The predicted octanol–water partition coefficient (Wildman–Crippen LogP) is -5.25. The summed E-state index contributed by atoms with van der Waals surface area (Å²) in [5, 5.41) is 70.8. The molecule has 26 heavy (non-hydrogen) atoms. The van der Waals surface area contributed by atoms with Gasteiger partial charge in [-0.05, 0) is 0 Å². The van der Waals surface area contributed by atoms with E-state index < -0.39 is 80.5 Å².